The highest BCUT2D eigenvalue weighted by atomic mass is 32.9. The maximum atomic E-state index is 10.7. The number of unbranched alkanes of at least 4 members (excludes halogenated alkanes) is 1. The summed E-state index contributed by atoms with van der Waals surface area (Å²) < 4.78 is 24.0. The molecule has 0 aliphatic heterocycles. The molecular weight excluding hydrogens is 294 g/mol. The zero-order valence-corrected chi connectivity index (χ0v) is 14.3. The Kier molecular flexibility index (Phi) is 8.51. The van der Waals surface area contributed by atoms with Gasteiger partial charge in [0.15, 0.2) is 0 Å². The van der Waals surface area contributed by atoms with E-state index in [9.17, 15) is 4.21 Å². The van der Waals surface area contributed by atoms with E-state index in [1.807, 2.05) is 0 Å². The highest BCUT2D eigenvalue weighted by Crippen LogP contribution is 2.36. The highest BCUT2D eigenvalue weighted by Gasteiger charge is 2.24. The molecule has 120 valence electrons. The van der Waals surface area contributed by atoms with Crippen LogP contribution in [0.4, 0.5) is 0 Å². The van der Waals surface area contributed by atoms with Crippen molar-refractivity contribution in [3.63, 3.8) is 0 Å². The smallest absolute Gasteiger partial charge is 0.266 e. The minimum absolute atomic E-state index is 0.191. The van der Waals surface area contributed by atoms with Gasteiger partial charge in [0, 0.05) is 17.7 Å². The lowest BCUT2D eigenvalue weighted by molar-refractivity contribution is 0.190. The molecule has 0 saturated heterocycles. The molecule has 2 N–H and O–H groups in total. The minimum atomic E-state index is -3.45. The van der Waals surface area contributed by atoms with Gasteiger partial charge < -0.3 is 5.32 Å². The van der Waals surface area contributed by atoms with Gasteiger partial charge in [0.2, 0.25) is 0 Å². The standard InChI is InChI=1S/C14H29NO3S2/c1-12-6-7-14(13(2)11-12)5-3-4-8-15-9-10-18-20(16,17)19/h12-15H,3-11H2,1-2H3,(H,16,17,19)/t12-,13+,14+/m1/s1. The van der Waals surface area contributed by atoms with E-state index >= 15 is 0 Å². The number of nitrogens with one attached hydrogen (secondary N) is 1. The van der Waals surface area contributed by atoms with Crippen LogP contribution in [-0.4, -0.2) is 28.5 Å². The van der Waals surface area contributed by atoms with Crippen molar-refractivity contribution in [3.8, 4) is 0 Å². The van der Waals surface area contributed by atoms with Crippen LogP contribution in [0.2, 0.25) is 0 Å². The van der Waals surface area contributed by atoms with Crippen LogP contribution in [0.15, 0.2) is 0 Å². The molecule has 6 heteroatoms. The summed E-state index contributed by atoms with van der Waals surface area (Å²) in [6.45, 7) is 6.47. The molecule has 0 aromatic rings. The fraction of sp³-hybridized carbons (Fsp3) is 1.00. The van der Waals surface area contributed by atoms with Crippen LogP contribution in [0.5, 0.6) is 0 Å². The molecule has 0 radical (unpaired) electrons. The Hall–Kier alpha value is 0.250. The van der Waals surface area contributed by atoms with E-state index in [4.69, 9.17) is 4.55 Å². The second-order valence-electron chi connectivity index (χ2n) is 6.15. The molecule has 1 unspecified atom stereocenters. The Morgan fingerprint density at radius 1 is 1.30 bits per heavy atom. The van der Waals surface area contributed by atoms with Gasteiger partial charge in [-0.05, 0) is 43.6 Å². The Labute approximate surface area is 128 Å². The van der Waals surface area contributed by atoms with Crippen molar-refractivity contribution in [3.05, 3.63) is 0 Å². The Balaban J connectivity index is 1.94. The van der Waals surface area contributed by atoms with Crippen molar-refractivity contribution in [1.29, 1.82) is 0 Å². The van der Waals surface area contributed by atoms with E-state index in [-0.39, 0.29) is 6.61 Å². The van der Waals surface area contributed by atoms with E-state index in [0.29, 0.717) is 6.54 Å². The lowest BCUT2D eigenvalue weighted by Gasteiger charge is -2.32. The van der Waals surface area contributed by atoms with Gasteiger partial charge in [-0.15, -0.1) is 0 Å². The molecule has 0 amide bonds. The van der Waals surface area contributed by atoms with E-state index in [1.54, 1.807) is 0 Å². The summed E-state index contributed by atoms with van der Waals surface area (Å²) in [4.78, 5) is 0. The lowest BCUT2D eigenvalue weighted by Crippen LogP contribution is -2.23. The fourth-order valence-corrected chi connectivity index (χ4v) is 3.66. The normalized spacial score (nSPS) is 30.1. The van der Waals surface area contributed by atoms with Gasteiger partial charge >= 0.3 is 0 Å². The van der Waals surface area contributed by atoms with Crippen molar-refractivity contribution in [1.82, 2.24) is 5.32 Å². The monoisotopic (exact) mass is 323 g/mol. The number of hydrogen-bond donors (Lipinski definition) is 2. The first-order chi connectivity index (χ1) is 9.38. The average Bonchev–Trinajstić information content (AvgIpc) is 2.33. The Bertz CT molecular complexity index is 359. The molecule has 0 aromatic carbocycles. The van der Waals surface area contributed by atoms with Gasteiger partial charge in [-0.25, -0.2) is 0 Å². The molecule has 4 nitrogen and oxygen atoms in total. The predicted octanol–water partition coefficient (Wildman–Crippen LogP) is 2.97. The van der Waals surface area contributed by atoms with Crippen LogP contribution in [0.1, 0.15) is 52.4 Å². The minimum Gasteiger partial charge on any atom is -0.314 e. The fourth-order valence-electron chi connectivity index (χ4n) is 3.16. The average molecular weight is 324 g/mol. The molecule has 1 fully saturated rings. The summed E-state index contributed by atoms with van der Waals surface area (Å²) in [5.41, 5.74) is 0. The Morgan fingerprint density at radius 2 is 2.05 bits per heavy atom. The summed E-state index contributed by atoms with van der Waals surface area (Å²) >= 11 is 4.23. The number of hydrogen-bond acceptors (Lipinski definition) is 4. The predicted molar refractivity (Wildman–Crippen MR) is 86.5 cm³/mol. The molecule has 20 heavy (non-hydrogen) atoms. The van der Waals surface area contributed by atoms with Crippen molar-refractivity contribution < 1.29 is 12.9 Å². The highest BCUT2D eigenvalue weighted by molar-refractivity contribution is 8.27. The van der Waals surface area contributed by atoms with E-state index in [1.165, 1.54) is 32.1 Å². The van der Waals surface area contributed by atoms with Gasteiger partial charge in [0.25, 0.3) is 9.05 Å². The zero-order valence-electron chi connectivity index (χ0n) is 12.7. The van der Waals surface area contributed by atoms with Gasteiger partial charge in [-0.1, -0.05) is 33.1 Å². The lowest BCUT2D eigenvalue weighted by atomic mass is 9.74. The van der Waals surface area contributed by atoms with Crippen molar-refractivity contribution in [2.24, 2.45) is 17.8 Å². The van der Waals surface area contributed by atoms with Crippen LogP contribution in [0.3, 0.4) is 0 Å². The third-order valence-corrected chi connectivity index (χ3v) is 5.05. The van der Waals surface area contributed by atoms with Crippen LogP contribution in [0, 0.1) is 17.8 Å². The SMILES string of the molecule is C[C@@H]1CC[C@H](CCCCNCCOS(=O)(O)=S)[C@@H](C)C1. The van der Waals surface area contributed by atoms with Crippen LogP contribution in [-0.2, 0) is 24.4 Å². The largest absolute Gasteiger partial charge is 0.314 e. The molecule has 0 bridgehead atoms. The van der Waals surface area contributed by atoms with E-state index in [2.05, 4.69) is 34.5 Å². The number of rotatable bonds is 9. The summed E-state index contributed by atoms with van der Waals surface area (Å²) in [5.74, 6) is 2.70. The quantitative estimate of drug-likeness (QED) is 0.639. The first-order valence-electron chi connectivity index (χ1n) is 7.71. The second kappa shape index (κ2) is 9.30. The van der Waals surface area contributed by atoms with Crippen molar-refractivity contribution >= 4 is 20.2 Å². The topological polar surface area (TPSA) is 58.6 Å². The van der Waals surface area contributed by atoms with Crippen molar-refractivity contribution in [2.75, 3.05) is 19.7 Å². The molecule has 0 heterocycles. The maximum absolute atomic E-state index is 10.7. The molecule has 1 aliphatic rings. The molecular formula is C14H29NO3S2. The second-order valence-corrected chi connectivity index (χ2v) is 8.51. The Morgan fingerprint density at radius 3 is 2.70 bits per heavy atom. The molecule has 1 saturated carbocycles. The third kappa shape index (κ3) is 8.52. The molecule has 1 aliphatic carbocycles. The van der Waals surface area contributed by atoms with E-state index < -0.39 is 9.05 Å². The van der Waals surface area contributed by atoms with Gasteiger partial charge in [0.05, 0.1) is 6.61 Å². The van der Waals surface area contributed by atoms with Crippen LogP contribution < -0.4 is 5.32 Å². The molecule has 0 aromatic heterocycles. The van der Waals surface area contributed by atoms with Gasteiger partial charge in [-0.2, -0.15) is 4.21 Å². The summed E-state index contributed by atoms with van der Waals surface area (Å²) in [7, 11) is -3.45. The molecule has 4 atom stereocenters. The third-order valence-electron chi connectivity index (χ3n) is 4.30. The van der Waals surface area contributed by atoms with Crippen LogP contribution >= 0.6 is 0 Å². The van der Waals surface area contributed by atoms with Crippen LogP contribution in [0.25, 0.3) is 0 Å². The van der Waals surface area contributed by atoms with E-state index in [0.717, 1.165) is 30.7 Å². The molecule has 1 rings (SSSR count). The first kappa shape index (κ1) is 18.3. The van der Waals surface area contributed by atoms with Gasteiger partial charge in [0.1, 0.15) is 0 Å². The molecule has 0 spiro atoms. The van der Waals surface area contributed by atoms with Gasteiger partial charge in [-0.3, -0.25) is 8.74 Å². The first-order valence-corrected chi connectivity index (χ1v) is 10.1. The zero-order chi connectivity index (χ0) is 15.0. The summed E-state index contributed by atoms with van der Waals surface area (Å²) in [5, 5.41) is 3.21. The summed E-state index contributed by atoms with van der Waals surface area (Å²) in [6, 6.07) is 0. The maximum Gasteiger partial charge on any atom is 0.266 e. The van der Waals surface area contributed by atoms with Crippen molar-refractivity contribution in [2.45, 2.75) is 52.4 Å². The summed E-state index contributed by atoms with van der Waals surface area (Å²) in [6.07, 6.45) is 7.93.